The highest BCUT2D eigenvalue weighted by atomic mass is 32.2. The fraction of sp³-hybridized carbons (Fsp3) is 0.238. The maximum absolute atomic E-state index is 6.19. The lowest BCUT2D eigenvalue weighted by molar-refractivity contribution is 0.290. The van der Waals surface area contributed by atoms with Crippen molar-refractivity contribution in [1.82, 2.24) is 0 Å². The van der Waals surface area contributed by atoms with Crippen LogP contribution in [0.4, 0.5) is 0 Å². The van der Waals surface area contributed by atoms with Crippen molar-refractivity contribution in [2.75, 3.05) is 5.75 Å². The molecule has 0 spiro atoms. The molecule has 0 aromatic heterocycles. The number of ether oxygens (including phenoxy) is 1. The van der Waals surface area contributed by atoms with E-state index in [4.69, 9.17) is 4.74 Å². The van der Waals surface area contributed by atoms with Gasteiger partial charge in [-0.2, -0.15) is 0 Å². The van der Waals surface area contributed by atoms with Crippen LogP contribution in [0.5, 0.6) is 0 Å². The largest absolute Gasteiger partial charge is 0.357 e. The van der Waals surface area contributed by atoms with Gasteiger partial charge in [-0.3, -0.25) is 0 Å². The molecule has 1 fully saturated rings. The molecule has 23 heavy (non-hydrogen) atoms. The van der Waals surface area contributed by atoms with Crippen LogP contribution in [0.25, 0.3) is 10.8 Å². The molecule has 0 radical (unpaired) electrons. The van der Waals surface area contributed by atoms with Gasteiger partial charge in [0.15, 0.2) is 0 Å². The van der Waals surface area contributed by atoms with Gasteiger partial charge in [-0.1, -0.05) is 66.7 Å². The van der Waals surface area contributed by atoms with Crippen molar-refractivity contribution < 1.29 is 4.74 Å². The van der Waals surface area contributed by atoms with Gasteiger partial charge in [0, 0.05) is 10.6 Å². The molecular weight excluding hydrogens is 300 g/mol. The monoisotopic (exact) mass is 320 g/mol. The second-order valence-electron chi connectivity index (χ2n) is 6.57. The summed E-state index contributed by atoms with van der Waals surface area (Å²) in [6.45, 7) is 4.37. The standard InChI is InChI=1S/C21H20OS/c1-20(2)21(22-20,17-11-4-3-5-12-17)15-23-19-14-8-10-16-9-6-7-13-18(16)19/h3-14H,15H2,1-2H3. The highest BCUT2D eigenvalue weighted by molar-refractivity contribution is 7.99. The molecule has 3 aromatic carbocycles. The Labute approximate surface area is 141 Å². The second kappa shape index (κ2) is 5.40. The van der Waals surface area contributed by atoms with E-state index in [0.29, 0.717) is 0 Å². The summed E-state index contributed by atoms with van der Waals surface area (Å²) < 4.78 is 6.19. The van der Waals surface area contributed by atoms with Crippen molar-refractivity contribution in [3.05, 3.63) is 78.4 Å². The minimum Gasteiger partial charge on any atom is -0.357 e. The van der Waals surface area contributed by atoms with Crippen LogP contribution in [-0.2, 0) is 10.3 Å². The van der Waals surface area contributed by atoms with E-state index in [-0.39, 0.29) is 11.2 Å². The van der Waals surface area contributed by atoms with Gasteiger partial charge in [0.05, 0.1) is 5.60 Å². The van der Waals surface area contributed by atoms with Crippen LogP contribution in [0.15, 0.2) is 77.7 Å². The molecule has 1 nitrogen and oxygen atoms in total. The Morgan fingerprint density at radius 3 is 2.22 bits per heavy atom. The van der Waals surface area contributed by atoms with E-state index in [9.17, 15) is 0 Å². The summed E-state index contributed by atoms with van der Waals surface area (Å²) in [5, 5.41) is 2.61. The molecule has 4 rings (SSSR count). The number of benzene rings is 3. The molecule has 2 heteroatoms. The first-order valence-electron chi connectivity index (χ1n) is 7.99. The zero-order valence-corrected chi connectivity index (χ0v) is 14.3. The fourth-order valence-electron chi connectivity index (χ4n) is 3.31. The van der Waals surface area contributed by atoms with Crippen molar-refractivity contribution in [3.8, 4) is 0 Å². The molecule has 3 aromatic rings. The number of hydrogen-bond acceptors (Lipinski definition) is 2. The topological polar surface area (TPSA) is 12.5 Å². The van der Waals surface area contributed by atoms with Crippen molar-refractivity contribution in [3.63, 3.8) is 0 Å². The number of fused-ring (bicyclic) bond motifs is 1. The Morgan fingerprint density at radius 1 is 0.826 bits per heavy atom. The Bertz CT molecular complexity index is 835. The first-order valence-corrected chi connectivity index (χ1v) is 8.97. The van der Waals surface area contributed by atoms with Crippen molar-refractivity contribution in [2.45, 2.75) is 29.9 Å². The lowest BCUT2D eigenvalue weighted by Gasteiger charge is -2.16. The normalized spacial score (nSPS) is 22.2. The predicted octanol–water partition coefficient (Wildman–Crippen LogP) is 5.64. The van der Waals surface area contributed by atoms with E-state index in [1.54, 1.807) is 0 Å². The average Bonchev–Trinajstić information content (AvgIpc) is 3.16. The van der Waals surface area contributed by atoms with Crippen LogP contribution < -0.4 is 0 Å². The van der Waals surface area contributed by atoms with Gasteiger partial charge in [0.1, 0.15) is 5.60 Å². The Balaban J connectivity index is 1.65. The molecular formula is C21H20OS. The number of rotatable bonds is 4. The molecule has 1 atom stereocenters. The van der Waals surface area contributed by atoms with Crippen LogP contribution in [-0.4, -0.2) is 11.4 Å². The molecule has 1 saturated heterocycles. The van der Waals surface area contributed by atoms with Gasteiger partial charge in [0.2, 0.25) is 0 Å². The van der Waals surface area contributed by atoms with E-state index in [1.165, 1.54) is 21.2 Å². The van der Waals surface area contributed by atoms with Crippen LogP contribution in [0.2, 0.25) is 0 Å². The summed E-state index contributed by atoms with van der Waals surface area (Å²) >= 11 is 1.89. The molecule has 0 amide bonds. The van der Waals surface area contributed by atoms with Gasteiger partial charge in [-0.05, 0) is 36.2 Å². The van der Waals surface area contributed by atoms with Crippen LogP contribution >= 0.6 is 11.8 Å². The molecule has 1 aliphatic rings. The van der Waals surface area contributed by atoms with Crippen LogP contribution in [0.1, 0.15) is 19.4 Å². The van der Waals surface area contributed by atoms with Gasteiger partial charge in [-0.25, -0.2) is 0 Å². The summed E-state index contributed by atoms with van der Waals surface area (Å²) in [5.41, 5.74) is 0.986. The zero-order chi connectivity index (χ0) is 15.9. The average molecular weight is 320 g/mol. The Hall–Kier alpha value is -1.77. The molecule has 1 aliphatic heterocycles. The third-order valence-corrected chi connectivity index (χ3v) is 6.00. The fourth-order valence-corrected chi connectivity index (χ4v) is 4.76. The van der Waals surface area contributed by atoms with Crippen molar-refractivity contribution in [2.24, 2.45) is 0 Å². The lowest BCUT2D eigenvalue weighted by Crippen LogP contribution is -2.21. The third kappa shape index (κ3) is 2.46. The molecule has 116 valence electrons. The highest BCUT2D eigenvalue weighted by Crippen LogP contribution is 2.57. The minimum atomic E-state index is -0.185. The third-order valence-electron chi connectivity index (χ3n) is 4.78. The molecule has 0 aliphatic carbocycles. The molecule has 1 heterocycles. The summed E-state index contributed by atoms with van der Waals surface area (Å²) in [6, 6.07) is 25.7. The lowest BCUT2D eigenvalue weighted by atomic mass is 9.90. The smallest absolute Gasteiger partial charge is 0.132 e. The number of thioether (sulfide) groups is 1. The van der Waals surface area contributed by atoms with E-state index in [0.717, 1.165) is 5.75 Å². The summed E-state index contributed by atoms with van der Waals surface area (Å²) in [7, 11) is 0. The summed E-state index contributed by atoms with van der Waals surface area (Å²) in [5.74, 6) is 0.929. The first-order chi connectivity index (χ1) is 11.1. The van der Waals surface area contributed by atoms with Crippen LogP contribution in [0.3, 0.4) is 0 Å². The Morgan fingerprint density at radius 2 is 1.48 bits per heavy atom. The maximum Gasteiger partial charge on any atom is 0.132 e. The van der Waals surface area contributed by atoms with E-state index < -0.39 is 0 Å². The van der Waals surface area contributed by atoms with E-state index in [2.05, 4.69) is 86.6 Å². The predicted molar refractivity (Wildman–Crippen MR) is 98.0 cm³/mol. The van der Waals surface area contributed by atoms with Gasteiger partial charge in [0.25, 0.3) is 0 Å². The molecule has 0 N–H and O–H groups in total. The molecule has 1 unspecified atom stereocenters. The van der Waals surface area contributed by atoms with Crippen molar-refractivity contribution >= 4 is 22.5 Å². The second-order valence-corrected chi connectivity index (χ2v) is 7.59. The minimum absolute atomic E-state index is 0.105. The van der Waals surface area contributed by atoms with Gasteiger partial charge >= 0.3 is 0 Å². The van der Waals surface area contributed by atoms with Gasteiger partial charge < -0.3 is 4.74 Å². The number of epoxide rings is 1. The first kappa shape index (κ1) is 14.8. The number of hydrogen-bond donors (Lipinski definition) is 0. The van der Waals surface area contributed by atoms with Crippen molar-refractivity contribution in [1.29, 1.82) is 0 Å². The SMILES string of the molecule is CC1(C)OC1(CSc1cccc2ccccc12)c1ccccc1. The van der Waals surface area contributed by atoms with Gasteiger partial charge in [-0.15, -0.1) is 11.8 Å². The molecule has 0 bridgehead atoms. The Kier molecular flexibility index (Phi) is 3.47. The van der Waals surface area contributed by atoms with E-state index in [1.807, 2.05) is 11.8 Å². The quantitative estimate of drug-likeness (QED) is 0.456. The van der Waals surface area contributed by atoms with E-state index >= 15 is 0 Å². The summed E-state index contributed by atoms with van der Waals surface area (Å²) in [4.78, 5) is 1.32. The highest BCUT2D eigenvalue weighted by Gasteiger charge is 2.64. The maximum atomic E-state index is 6.19. The molecule has 0 saturated carbocycles. The zero-order valence-electron chi connectivity index (χ0n) is 13.5. The summed E-state index contributed by atoms with van der Waals surface area (Å²) in [6.07, 6.45) is 0. The van der Waals surface area contributed by atoms with Crippen LogP contribution in [0, 0.1) is 0 Å².